The van der Waals surface area contributed by atoms with E-state index < -0.39 is 0 Å². The minimum absolute atomic E-state index is 0.157. The highest BCUT2D eigenvalue weighted by Crippen LogP contribution is 2.32. The van der Waals surface area contributed by atoms with Crippen LogP contribution in [0.4, 0.5) is 10.5 Å². The van der Waals surface area contributed by atoms with Gasteiger partial charge >= 0.3 is 6.03 Å². The van der Waals surface area contributed by atoms with Gasteiger partial charge in [-0.2, -0.15) is 4.98 Å². The maximum Gasteiger partial charge on any atom is 0.322 e. The highest BCUT2D eigenvalue weighted by Gasteiger charge is 2.34. The average Bonchev–Trinajstić information content (AvgIpc) is 3.38. The molecule has 7 heteroatoms. The summed E-state index contributed by atoms with van der Waals surface area (Å²) >= 11 is 0. The molecule has 1 aliphatic rings. The van der Waals surface area contributed by atoms with Crippen LogP contribution >= 0.6 is 0 Å². The fourth-order valence-electron chi connectivity index (χ4n) is 3.26. The van der Waals surface area contributed by atoms with Gasteiger partial charge in [-0.1, -0.05) is 47.6 Å². The molecule has 27 heavy (non-hydrogen) atoms. The lowest BCUT2D eigenvalue weighted by Gasteiger charge is -2.22. The van der Waals surface area contributed by atoms with Crippen molar-refractivity contribution in [3.63, 3.8) is 0 Å². The standard InChI is InChI=1S/C20H21N5O2/c21-13-14-8-10-15(11-9-14)18-23-19(27-24-18)17-7-4-12-25(17)20(26)22-16-5-2-1-3-6-16/h1-3,5-6,8-11,17H,4,7,12-13,21H2,(H,22,26). The highest BCUT2D eigenvalue weighted by molar-refractivity contribution is 5.89. The Morgan fingerprint density at radius 1 is 1.19 bits per heavy atom. The molecule has 4 rings (SSSR count). The van der Waals surface area contributed by atoms with Crippen LogP contribution in [-0.2, 0) is 6.54 Å². The van der Waals surface area contributed by atoms with Gasteiger partial charge in [0.2, 0.25) is 11.7 Å². The summed E-state index contributed by atoms with van der Waals surface area (Å²) in [5.74, 6) is 0.984. The summed E-state index contributed by atoms with van der Waals surface area (Å²) in [7, 11) is 0. The van der Waals surface area contributed by atoms with Crippen LogP contribution in [0.2, 0.25) is 0 Å². The number of aromatic nitrogens is 2. The molecule has 2 amide bonds. The van der Waals surface area contributed by atoms with Crippen LogP contribution < -0.4 is 11.1 Å². The first-order valence-electron chi connectivity index (χ1n) is 9.00. The van der Waals surface area contributed by atoms with E-state index in [-0.39, 0.29) is 12.1 Å². The van der Waals surface area contributed by atoms with Crippen molar-refractivity contribution in [1.29, 1.82) is 0 Å². The van der Waals surface area contributed by atoms with Gasteiger partial charge in [-0.15, -0.1) is 0 Å². The van der Waals surface area contributed by atoms with Gasteiger partial charge < -0.3 is 20.5 Å². The molecule has 0 aliphatic carbocycles. The van der Waals surface area contributed by atoms with Crippen molar-refractivity contribution in [2.75, 3.05) is 11.9 Å². The van der Waals surface area contributed by atoms with Gasteiger partial charge in [0.1, 0.15) is 6.04 Å². The number of likely N-dealkylation sites (tertiary alicyclic amines) is 1. The van der Waals surface area contributed by atoms with E-state index in [2.05, 4.69) is 15.5 Å². The average molecular weight is 363 g/mol. The lowest BCUT2D eigenvalue weighted by atomic mass is 10.1. The number of carbonyl (C=O) groups is 1. The Balaban J connectivity index is 1.50. The predicted molar refractivity (Wildman–Crippen MR) is 102 cm³/mol. The van der Waals surface area contributed by atoms with Gasteiger partial charge in [0, 0.05) is 24.3 Å². The van der Waals surface area contributed by atoms with Crippen LogP contribution in [0.1, 0.15) is 30.3 Å². The van der Waals surface area contributed by atoms with Crippen molar-refractivity contribution in [3.8, 4) is 11.4 Å². The maximum absolute atomic E-state index is 12.7. The van der Waals surface area contributed by atoms with Crippen molar-refractivity contribution in [1.82, 2.24) is 15.0 Å². The van der Waals surface area contributed by atoms with E-state index in [4.69, 9.17) is 10.3 Å². The number of anilines is 1. The molecule has 138 valence electrons. The minimum atomic E-state index is -0.210. The van der Waals surface area contributed by atoms with Gasteiger partial charge in [0.15, 0.2) is 0 Å². The second-order valence-corrected chi connectivity index (χ2v) is 6.50. The molecule has 0 saturated carbocycles. The summed E-state index contributed by atoms with van der Waals surface area (Å²) in [5, 5.41) is 7.01. The normalized spacial score (nSPS) is 16.5. The summed E-state index contributed by atoms with van der Waals surface area (Å²) < 4.78 is 5.48. The molecule has 1 fully saturated rings. The van der Waals surface area contributed by atoms with E-state index in [1.807, 2.05) is 54.6 Å². The van der Waals surface area contributed by atoms with Gasteiger partial charge in [-0.3, -0.25) is 0 Å². The molecule has 7 nitrogen and oxygen atoms in total. The maximum atomic E-state index is 12.7. The topological polar surface area (TPSA) is 97.3 Å². The molecule has 2 aromatic carbocycles. The molecule has 0 spiro atoms. The number of amides is 2. The number of nitrogens with two attached hydrogens (primary N) is 1. The first-order chi connectivity index (χ1) is 13.2. The van der Waals surface area contributed by atoms with Crippen molar-refractivity contribution >= 4 is 11.7 Å². The molecule has 2 heterocycles. The van der Waals surface area contributed by atoms with Crippen molar-refractivity contribution in [3.05, 3.63) is 66.1 Å². The molecule has 0 radical (unpaired) electrons. The fourth-order valence-corrected chi connectivity index (χ4v) is 3.26. The molecule has 1 aromatic heterocycles. The molecule has 1 atom stereocenters. The summed E-state index contributed by atoms with van der Waals surface area (Å²) in [4.78, 5) is 18.9. The molecule has 3 aromatic rings. The Morgan fingerprint density at radius 2 is 1.96 bits per heavy atom. The predicted octanol–water partition coefficient (Wildman–Crippen LogP) is 3.56. The molecular formula is C20H21N5O2. The highest BCUT2D eigenvalue weighted by atomic mass is 16.5. The second kappa shape index (κ2) is 7.59. The van der Waals surface area contributed by atoms with E-state index >= 15 is 0 Å². The van der Waals surface area contributed by atoms with E-state index in [1.165, 1.54) is 0 Å². The summed E-state index contributed by atoms with van der Waals surface area (Å²) in [6.07, 6.45) is 1.70. The van der Waals surface area contributed by atoms with Gasteiger partial charge in [-0.05, 0) is 30.5 Å². The Labute approximate surface area is 157 Å². The number of benzene rings is 2. The number of rotatable bonds is 4. The van der Waals surface area contributed by atoms with Gasteiger partial charge in [-0.25, -0.2) is 4.79 Å². The summed E-state index contributed by atoms with van der Waals surface area (Å²) in [6, 6.07) is 16.8. The lowest BCUT2D eigenvalue weighted by molar-refractivity contribution is 0.193. The number of carbonyl (C=O) groups excluding carboxylic acids is 1. The van der Waals surface area contributed by atoms with Gasteiger partial charge in [0.25, 0.3) is 0 Å². The van der Waals surface area contributed by atoms with E-state index in [9.17, 15) is 4.79 Å². The zero-order valence-electron chi connectivity index (χ0n) is 14.8. The Kier molecular flexibility index (Phi) is 4.84. The van der Waals surface area contributed by atoms with Crippen LogP contribution in [-0.4, -0.2) is 27.6 Å². The van der Waals surface area contributed by atoms with Crippen molar-refractivity contribution < 1.29 is 9.32 Å². The lowest BCUT2D eigenvalue weighted by Crippen LogP contribution is -2.34. The SMILES string of the molecule is NCc1ccc(-c2noc(C3CCCN3C(=O)Nc3ccccc3)n2)cc1. The Hall–Kier alpha value is -3.19. The number of nitrogens with zero attached hydrogens (tertiary/aromatic N) is 3. The molecule has 1 aliphatic heterocycles. The quantitative estimate of drug-likeness (QED) is 0.738. The van der Waals surface area contributed by atoms with Gasteiger partial charge in [0.05, 0.1) is 0 Å². The van der Waals surface area contributed by atoms with E-state index in [1.54, 1.807) is 4.90 Å². The van der Waals surface area contributed by atoms with Crippen LogP contribution in [0, 0.1) is 0 Å². The minimum Gasteiger partial charge on any atom is -0.337 e. The van der Waals surface area contributed by atoms with E-state index in [0.717, 1.165) is 29.7 Å². The first-order valence-corrected chi connectivity index (χ1v) is 9.00. The molecule has 3 N–H and O–H groups in total. The second-order valence-electron chi connectivity index (χ2n) is 6.50. The largest absolute Gasteiger partial charge is 0.337 e. The third-order valence-electron chi connectivity index (χ3n) is 4.71. The number of nitrogens with one attached hydrogen (secondary N) is 1. The Bertz CT molecular complexity index is 908. The van der Waals surface area contributed by atoms with Crippen molar-refractivity contribution in [2.24, 2.45) is 5.73 Å². The zero-order chi connectivity index (χ0) is 18.6. The smallest absolute Gasteiger partial charge is 0.322 e. The van der Waals surface area contributed by atoms with E-state index in [0.29, 0.717) is 24.8 Å². The van der Waals surface area contributed by atoms with Crippen LogP contribution in [0.25, 0.3) is 11.4 Å². The third kappa shape index (κ3) is 3.68. The van der Waals surface area contributed by atoms with Crippen LogP contribution in [0.3, 0.4) is 0 Å². The number of hydrogen-bond donors (Lipinski definition) is 2. The monoisotopic (exact) mass is 363 g/mol. The summed E-state index contributed by atoms with van der Waals surface area (Å²) in [5.41, 5.74) is 8.30. The molecule has 0 bridgehead atoms. The zero-order valence-corrected chi connectivity index (χ0v) is 14.8. The van der Waals surface area contributed by atoms with Crippen molar-refractivity contribution in [2.45, 2.75) is 25.4 Å². The first kappa shape index (κ1) is 17.2. The third-order valence-corrected chi connectivity index (χ3v) is 4.71. The number of para-hydroxylation sites is 1. The Morgan fingerprint density at radius 3 is 2.70 bits per heavy atom. The number of hydrogen-bond acceptors (Lipinski definition) is 5. The molecule has 1 unspecified atom stereocenters. The fraction of sp³-hybridized carbons (Fsp3) is 0.250. The molecule has 1 saturated heterocycles. The summed E-state index contributed by atoms with van der Waals surface area (Å²) in [6.45, 7) is 1.15. The number of urea groups is 1. The molecular weight excluding hydrogens is 342 g/mol. The van der Waals surface area contributed by atoms with Crippen LogP contribution in [0.5, 0.6) is 0 Å². The van der Waals surface area contributed by atoms with Crippen LogP contribution in [0.15, 0.2) is 59.1 Å².